The summed E-state index contributed by atoms with van der Waals surface area (Å²) in [4.78, 5) is 34.5. The van der Waals surface area contributed by atoms with Gasteiger partial charge in [0.05, 0.1) is 29.8 Å². The van der Waals surface area contributed by atoms with Crippen LogP contribution in [-0.2, 0) is 16.3 Å². The van der Waals surface area contributed by atoms with Crippen molar-refractivity contribution in [3.8, 4) is 17.3 Å². The molecule has 0 bridgehead atoms. The van der Waals surface area contributed by atoms with Crippen LogP contribution in [0.1, 0.15) is 57.9 Å². The number of aliphatic hydroxyl groups excluding tert-OH is 1. The molecule has 4 rings (SSSR count). The number of aromatic nitrogens is 5. The molecule has 3 aromatic rings. The van der Waals surface area contributed by atoms with Gasteiger partial charge < -0.3 is 9.67 Å². The van der Waals surface area contributed by atoms with Crippen molar-refractivity contribution in [2.45, 2.75) is 64.6 Å². The molecule has 33 heavy (non-hydrogen) atoms. The lowest BCUT2D eigenvalue weighted by Gasteiger charge is -2.21. The molecule has 10 heteroatoms. The molecule has 2 amide bonds. The average Bonchev–Trinajstić information content (AvgIpc) is 3.57. The first-order chi connectivity index (χ1) is 16.1. The molecule has 1 atom stereocenters. The van der Waals surface area contributed by atoms with Crippen LogP contribution in [0.2, 0.25) is 0 Å². The molecular weight excluding hydrogens is 422 g/mol. The normalized spacial score (nSPS) is 14.9. The van der Waals surface area contributed by atoms with Crippen LogP contribution in [0, 0.1) is 17.2 Å². The van der Waals surface area contributed by atoms with E-state index in [1.165, 1.54) is 6.33 Å². The maximum absolute atomic E-state index is 12.8. The maximum Gasteiger partial charge on any atom is 0.234 e. The summed E-state index contributed by atoms with van der Waals surface area (Å²) >= 11 is 0. The van der Waals surface area contributed by atoms with E-state index in [-0.39, 0.29) is 37.3 Å². The fraction of sp³-hybridized carbons (Fsp3) is 0.478. The molecule has 1 aliphatic carbocycles. The zero-order valence-electron chi connectivity index (χ0n) is 18.6. The number of aliphatic hydroxyl groups is 1. The quantitative estimate of drug-likeness (QED) is 0.497. The minimum Gasteiger partial charge on any atom is -0.376 e. The number of hydrogen-bond donors (Lipinski definition) is 1. The van der Waals surface area contributed by atoms with Gasteiger partial charge in [-0.05, 0) is 31.2 Å². The molecule has 0 radical (unpaired) electrons. The fourth-order valence-corrected chi connectivity index (χ4v) is 4.70. The molecule has 1 aliphatic rings. The number of fused-ring (bicyclic) bond motifs is 1. The first kappa shape index (κ1) is 22.6. The average molecular weight is 450 g/mol. The number of nitriles is 1. The van der Waals surface area contributed by atoms with Gasteiger partial charge in [-0.15, -0.1) is 0 Å². The number of hydrogen-bond acceptors (Lipinski definition) is 7. The first-order valence-electron chi connectivity index (χ1n) is 11.3. The lowest BCUT2D eigenvalue weighted by Crippen LogP contribution is -2.30. The van der Waals surface area contributed by atoms with E-state index in [4.69, 9.17) is 0 Å². The Balaban J connectivity index is 1.90. The van der Waals surface area contributed by atoms with Crippen LogP contribution in [0.15, 0.2) is 24.8 Å². The van der Waals surface area contributed by atoms with Gasteiger partial charge >= 0.3 is 0 Å². The highest BCUT2D eigenvalue weighted by Gasteiger charge is 2.31. The highest BCUT2D eigenvalue weighted by Crippen LogP contribution is 2.39. The molecule has 3 aromatic heterocycles. The predicted octanol–water partition coefficient (Wildman–Crippen LogP) is 3.18. The molecular formula is C23H27N7O3. The lowest BCUT2D eigenvalue weighted by molar-refractivity contribution is -0.121. The Morgan fingerprint density at radius 1 is 1.39 bits per heavy atom. The summed E-state index contributed by atoms with van der Waals surface area (Å²) < 4.78 is 3.30. The summed E-state index contributed by atoms with van der Waals surface area (Å²) in [6.45, 7) is 1.63. The molecule has 1 fully saturated rings. The topological polar surface area (TPSA) is 130 Å². The van der Waals surface area contributed by atoms with Crippen molar-refractivity contribution in [2.75, 3.05) is 4.90 Å². The van der Waals surface area contributed by atoms with Crippen LogP contribution in [0.4, 0.5) is 5.82 Å². The Kier molecular flexibility index (Phi) is 6.79. The van der Waals surface area contributed by atoms with Crippen molar-refractivity contribution in [1.29, 1.82) is 5.26 Å². The van der Waals surface area contributed by atoms with Crippen molar-refractivity contribution in [1.82, 2.24) is 24.3 Å². The standard InChI is InChI=1S/C23H27N7O3/c1-2-5-20(33)29(15-32)23-18(21-17-9-11-28(14-31)22(17)26-13-25-21)12-30(27-23)19(8-10-24)16-6-3-4-7-16/h9,11-13,15-16,19,31H,2-8,14H2,1H3. The molecule has 3 heterocycles. The second-order valence-electron chi connectivity index (χ2n) is 8.33. The van der Waals surface area contributed by atoms with Crippen LogP contribution >= 0.6 is 0 Å². The minimum absolute atomic E-state index is 0.154. The second kappa shape index (κ2) is 9.92. The lowest BCUT2D eigenvalue weighted by atomic mass is 9.96. The number of amides is 2. The molecule has 0 spiro atoms. The third kappa shape index (κ3) is 4.24. The third-order valence-electron chi connectivity index (χ3n) is 6.33. The summed E-state index contributed by atoms with van der Waals surface area (Å²) in [5.41, 5.74) is 1.55. The number of imide groups is 1. The Morgan fingerprint density at radius 2 is 2.18 bits per heavy atom. The van der Waals surface area contributed by atoms with Gasteiger partial charge in [0.2, 0.25) is 12.3 Å². The number of carbonyl (C=O) groups excluding carboxylic acids is 2. The zero-order valence-corrected chi connectivity index (χ0v) is 18.6. The summed E-state index contributed by atoms with van der Waals surface area (Å²) in [5, 5.41) is 24.4. The van der Waals surface area contributed by atoms with E-state index < -0.39 is 0 Å². The van der Waals surface area contributed by atoms with Crippen LogP contribution < -0.4 is 4.90 Å². The molecule has 172 valence electrons. The van der Waals surface area contributed by atoms with Gasteiger partial charge in [-0.2, -0.15) is 10.4 Å². The van der Waals surface area contributed by atoms with E-state index in [0.29, 0.717) is 41.0 Å². The SMILES string of the molecule is CCCC(=O)N(C=O)c1nn(C(CC#N)C2CCCC2)cc1-c1ncnc2c1ccn2CO. The molecule has 1 N–H and O–H groups in total. The van der Waals surface area contributed by atoms with Gasteiger partial charge in [0, 0.05) is 24.2 Å². The Morgan fingerprint density at radius 3 is 2.85 bits per heavy atom. The molecule has 10 nitrogen and oxygen atoms in total. The molecule has 0 aromatic carbocycles. The first-order valence-corrected chi connectivity index (χ1v) is 11.3. The van der Waals surface area contributed by atoms with Crippen LogP contribution in [0.3, 0.4) is 0 Å². The van der Waals surface area contributed by atoms with E-state index in [2.05, 4.69) is 21.1 Å². The van der Waals surface area contributed by atoms with Gasteiger partial charge in [0.25, 0.3) is 0 Å². The van der Waals surface area contributed by atoms with Crippen molar-refractivity contribution < 1.29 is 14.7 Å². The Bertz CT molecular complexity index is 1190. The second-order valence-corrected chi connectivity index (χ2v) is 8.33. The van der Waals surface area contributed by atoms with Crippen molar-refractivity contribution >= 4 is 29.2 Å². The summed E-state index contributed by atoms with van der Waals surface area (Å²) in [6.07, 6.45) is 10.7. The molecule has 0 saturated heterocycles. The van der Waals surface area contributed by atoms with E-state index in [0.717, 1.165) is 30.6 Å². The smallest absolute Gasteiger partial charge is 0.234 e. The number of carbonyl (C=O) groups is 2. The summed E-state index contributed by atoms with van der Waals surface area (Å²) in [7, 11) is 0. The summed E-state index contributed by atoms with van der Waals surface area (Å²) in [5.74, 6) is 0.151. The number of anilines is 1. The third-order valence-corrected chi connectivity index (χ3v) is 6.33. The van der Waals surface area contributed by atoms with Crippen molar-refractivity contribution in [2.24, 2.45) is 5.92 Å². The van der Waals surface area contributed by atoms with E-state index in [9.17, 15) is 20.0 Å². The minimum atomic E-state index is -0.352. The van der Waals surface area contributed by atoms with Gasteiger partial charge in [0.1, 0.15) is 18.7 Å². The zero-order chi connectivity index (χ0) is 23.4. The highest BCUT2D eigenvalue weighted by molar-refractivity contribution is 6.09. The molecule has 0 aliphatic heterocycles. The van der Waals surface area contributed by atoms with E-state index in [1.54, 1.807) is 27.7 Å². The van der Waals surface area contributed by atoms with Crippen LogP contribution in [-0.4, -0.2) is 41.7 Å². The maximum atomic E-state index is 12.8. The molecule has 1 unspecified atom stereocenters. The predicted molar refractivity (Wildman–Crippen MR) is 121 cm³/mol. The van der Waals surface area contributed by atoms with Crippen LogP contribution in [0.5, 0.6) is 0 Å². The Labute approximate surface area is 191 Å². The monoisotopic (exact) mass is 449 g/mol. The van der Waals surface area contributed by atoms with Gasteiger partial charge in [-0.1, -0.05) is 19.8 Å². The number of rotatable bonds is 9. The van der Waals surface area contributed by atoms with E-state index >= 15 is 0 Å². The Hall–Kier alpha value is -3.58. The number of nitrogens with zero attached hydrogens (tertiary/aromatic N) is 7. The fourth-order valence-electron chi connectivity index (χ4n) is 4.70. The molecule has 1 saturated carbocycles. The van der Waals surface area contributed by atoms with Crippen molar-refractivity contribution in [3.63, 3.8) is 0 Å². The van der Waals surface area contributed by atoms with E-state index in [1.807, 2.05) is 6.92 Å². The largest absolute Gasteiger partial charge is 0.376 e. The van der Waals surface area contributed by atoms with Gasteiger partial charge in [-0.3, -0.25) is 14.3 Å². The van der Waals surface area contributed by atoms with Gasteiger partial charge in [-0.25, -0.2) is 14.9 Å². The van der Waals surface area contributed by atoms with Crippen LogP contribution in [0.25, 0.3) is 22.3 Å². The van der Waals surface area contributed by atoms with Crippen molar-refractivity contribution in [3.05, 3.63) is 24.8 Å². The highest BCUT2D eigenvalue weighted by atomic mass is 16.3. The summed E-state index contributed by atoms with van der Waals surface area (Å²) in [6, 6.07) is 3.90. The van der Waals surface area contributed by atoms with Gasteiger partial charge in [0.15, 0.2) is 5.82 Å².